The van der Waals surface area contributed by atoms with Gasteiger partial charge < -0.3 is 10.1 Å². The SMILES string of the molecule is C/C(CC(=O)NC1CCCCC1)=N/NC(=O)COc1cccc(C)c1. The first kappa shape index (κ1) is 19.0. The van der Waals surface area contributed by atoms with Crippen LogP contribution < -0.4 is 15.5 Å². The third kappa shape index (κ3) is 7.37. The molecule has 1 aliphatic rings. The van der Waals surface area contributed by atoms with Crippen LogP contribution in [0.5, 0.6) is 5.75 Å². The third-order valence-corrected chi connectivity index (χ3v) is 4.12. The van der Waals surface area contributed by atoms with E-state index < -0.39 is 0 Å². The summed E-state index contributed by atoms with van der Waals surface area (Å²) in [6.07, 6.45) is 5.90. The minimum absolute atomic E-state index is 0.0431. The first-order valence-corrected chi connectivity index (χ1v) is 8.84. The van der Waals surface area contributed by atoms with Crippen LogP contribution in [0, 0.1) is 6.92 Å². The van der Waals surface area contributed by atoms with Crippen LogP contribution in [0.1, 0.15) is 51.0 Å². The maximum Gasteiger partial charge on any atom is 0.277 e. The van der Waals surface area contributed by atoms with Crippen molar-refractivity contribution >= 4 is 17.5 Å². The van der Waals surface area contributed by atoms with Gasteiger partial charge in [-0.3, -0.25) is 9.59 Å². The monoisotopic (exact) mass is 345 g/mol. The number of hydrazone groups is 1. The quantitative estimate of drug-likeness (QED) is 0.589. The predicted octanol–water partition coefficient (Wildman–Crippen LogP) is 2.70. The van der Waals surface area contributed by atoms with Crippen molar-refractivity contribution in [2.45, 2.75) is 58.4 Å². The summed E-state index contributed by atoms with van der Waals surface area (Å²) in [5.41, 5.74) is 4.05. The molecule has 0 radical (unpaired) electrons. The summed E-state index contributed by atoms with van der Waals surface area (Å²) in [5.74, 6) is 0.245. The van der Waals surface area contributed by atoms with Crippen LogP contribution in [0.25, 0.3) is 0 Å². The molecular formula is C19H27N3O3. The Hall–Kier alpha value is -2.37. The van der Waals surface area contributed by atoms with Crippen LogP contribution in [-0.4, -0.2) is 30.2 Å². The second-order valence-electron chi connectivity index (χ2n) is 6.57. The Labute approximate surface area is 149 Å². The second kappa shape index (κ2) is 9.81. The number of carbonyl (C=O) groups is 2. The van der Waals surface area contributed by atoms with Gasteiger partial charge in [0.25, 0.3) is 5.91 Å². The first-order valence-electron chi connectivity index (χ1n) is 8.84. The van der Waals surface area contributed by atoms with Gasteiger partial charge in [-0.2, -0.15) is 5.10 Å². The molecule has 0 saturated heterocycles. The molecule has 0 aromatic heterocycles. The zero-order valence-electron chi connectivity index (χ0n) is 15.0. The molecule has 1 fully saturated rings. The number of ether oxygens (including phenoxy) is 1. The number of nitrogens with one attached hydrogen (secondary N) is 2. The highest BCUT2D eigenvalue weighted by molar-refractivity contribution is 6.00. The van der Waals surface area contributed by atoms with Gasteiger partial charge in [0.05, 0.1) is 6.42 Å². The Morgan fingerprint density at radius 2 is 1.96 bits per heavy atom. The lowest BCUT2D eigenvalue weighted by molar-refractivity contribution is -0.123. The molecule has 25 heavy (non-hydrogen) atoms. The summed E-state index contributed by atoms with van der Waals surface area (Å²) < 4.78 is 5.40. The molecule has 0 bridgehead atoms. The number of nitrogens with zero attached hydrogens (tertiary/aromatic N) is 1. The predicted molar refractivity (Wildman–Crippen MR) is 97.6 cm³/mol. The summed E-state index contributed by atoms with van der Waals surface area (Å²) in [7, 11) is 0. The van der Waals surface area contributed by atoms with Crippen molar-refractivity contribution in [1.82, 2.24) is 10.7 Å². The molecule has 0 spiro atoms. The molecule has 0 unspecified atom stereocenters. The van der Waals surface area contributed by atoms with Crippen molar-refractivity contribution in [2.24, 2.45) is 5.10 Å². The number of amides is 2. The van der Waals surface area contributed by atoms with Crippen LogP contribution in [0.4, 0.5) is 0 Å². The summed E-state index contributed by atoms with van der Waals surface area (Å²) in [4.78, 5) is 23.7. The standard InChI is InChI=1S/C19H27N3O3/c1-14-7-6-10-17(11-14)25-13-19(24)22-21-15(2)12-18(23)20-16-8-4-3-5-9-16/h6-7,10-11,16H,3-5,8-9,12-13H2,1-2H3,(H,20,23)(H,22,24)/b21-15-. The maximum atomic E-state index is 12.0. The fourth-order valence-corrected chi connectivity index (χ4v) is 2.84. The van der Waals surface area contributed by atoms with Gasteiger partial charge in [0.1, 0.15) is 5.75 Å². The van der Waals surface area contributed by atoms with Gasteiger partial charge in [-0.25, -0.2) is 5.43 Å². The molecular weight excluding hydrogens is 318 g/mol. The van der Waals surface area contributed by atoms with E-state index in [1.165, 1.54) is 19.3 Å². The number of rotatable bonds is 7. The van der Waals surface area contributed by atoms with Gasteiger partial charge in [0, 0.05) is 11.8 Å². The highest BCUT2D eigenvalue weighted by Gasteiger charge is 2.16. The molecule has 6 heteroatoms. The highest BCUT2D eigenvalue weighted by atomic mass is 16.5. The normalized spacial score (nSPS) is 15.5. The Balaban J connectivity index is 1.68. The number of aryl methyl sites for hydroxylation is 1. The molecule has 136 valence electrons. The van der Waals surface area contributed by atoms with E-state index in [0.29, 0.717) is 11.5 Å². The van der Waals surface area contributed by atoms with Gasteiger partial charge >= 0.3 is 0 Å². The molecule has 1 aliphatic carbocycles. The van der Waals surface area contributed by atoms with Gasteiger partial charge in [-0.1, -0.05) is 31.4 Å². The molecule has 1 aromatic carbocycles. The smallest absolute Gasteiger partial charge is 0.277 e. The van der Waals surface area contributed by atoms with Crippen molar-refractivity contribution < 1.29 is 14.3 Å². The molecule has 0 aliphatic heterocycles. The minimum Gasteiger partial charge on any atom is -0.484 e. The summed E-state index contributed by atoms with van der Waals surface area (Å²) in [5, 5.41) is 7.00. The molecule has 0 atom stereocenters. The van der Waals surface area contributed by atoms with Crippen LogP contribution in [0.3, 0.4) is 0 Å². The molecule has 2 N–H and O–H groups in total. The first-order chi connectivity index (χ1) is 12.0. The number of carbonyl (C=O) groups excluding carboxylic acids is 2. The number of hydrogen-bond donors (Lipinski definition) is 2. The lowest BCUT2D eigenvalue weighted by Crippen LogP contribution is -2.37. The van der Waals surface area contributed by atoms with E-state index >= 15 is 0 Å². The maximum absolute atomic E-state index is 12.0. The van der Waals surface area contributed by atoms with E-state index in [0.717, 1.165) is 18.4 Å². The fraction of sp³-hybridized carbons (Fsp3) is 0.526. The lowest BCUT2D eigenvalue weighted by Gasteiger charge is -2.22. The summed E-state index contributed by atoms with van der Waals surface area (Å²) >= 11 is 0. The fourth-order valence-electron chi connectivity index (χ4n) is 2.84. The molecule has 2 amide bonds. The Morgan fingerprint density at radius 1 is 1.20 bits per heavy atom. The molecule has 0 heterocycles. The van der Waals surface area contributed by atoms with E-state index in [9.17, 15) is 9.59 Å². The van der Waals surface area contributed by atoms with E-state index in [2.05, 4.69) is 15.8 Å². The number of hydrogen-bond acceptors (Lipinski definition) is 4. The molecule has 1 saturated carbocycles. The van der Waals surface area contributed by atoms with Crippen LogP contribution in [-0.2, 0) is 9.59 Å². The largest absolute Gasteiger partial charge is 0.484 e. The number of benzene rings is 1. The lowest BCUT2D eigenvalue weighted by atomic mass is 9.95. The minimum atomic E-state index is -0.353. The third-order valence-electron chi connectivity index (χ3n) is 4.12. The average Bonchev–Trinajstić information content (AvgIpc) is 2.59. The second-order valence-corrected chi connectivity index (χ2v) is 6.57. The van der Waals surface area contributed by atoms with E-state index in [4.69, 9.17) is 4.74 Å². The van der Waals surface area contributed by atoms with Crippen LogP contribution >= 0.6 is 0 Å². The Morgan fingerprint density at radius 3 is 2.68 bits per heavy atom. The van der Waals surface area contributed by atoms with Crippen molar-refractivity contribution in [3.63, 3.8) is 0 Å². The molecule has 6 nitrogen and oxygen atoms in total. The van der Waals surface area contributed by atoms with E-state index in [1.807, 2.05) is 25.1 Å². The van der Waals surface area contributed by atoms with Crippen molar-refractivity contribution in [3.8, 4) is 5.75 Å². The zero-order valence-corrected chi connectivity index (χ0v) is 15.0. The molecule has 1 aromatic rings. The zero-order chi connectivity index (χ0) is 18.1. The van der Waals surface area contributed by atoms with E-state index in [-0.39, 0.29) is 30.9 Å². The van der Waals surface area contributed by atoms with Gasteiger partial charge in [-0.05, 0) is 44.4 Å². The van der Waals surface area contributed by atoms with E-state index in [1.54, 1.807) is 13.0 Å². The summed E-state index contributed by atoms with van der Waals surface area (Å²) in [6, 6.07) is 7.77. The Bertz CT molecular complexity index is 622. The van der Waals surface area contributed by atoms with Crippen molar-refractivity contribution in [2.75, 3.05) is 6.61 Å². The topological polar surface area (TPSA) is 79.8 Å². The summed E-state index contributed by atoms with van der Waals surface area (Å²) in [6.45, 7) is 3.57. The molecule has 2 rings (SSSR count). The van der Waals surface area contributed by atoms with Gasteiger partial charge in [0.2, 0.25) is 5.91 Å². The average molecular weight is 345 g/mol. The van der Waals surface area contributed by atoms with Crippen molar-refractivity contribution in [3.05, 3.63) is 29.8 Å². The highest BCUT2D eigenvalue weighted by Crippen LogP contribution is 2.17. The van der Waals surface area contributed by atoms with Crippen molar-refractivity contribution in [1.29, 1.82) is 0 Å². The van der Waals surface area contributed by atoms with Crippen LogP contribution in [0.15, 0.2) is 29.4 Å². The van der Waals surface area contributed by atoms with Crippen LogP contribution in [0.2, 0.25) is 0 Å². The van der Waals surface area contributed by atoms with Gasteiger partial charge in [0.15, 0.2) is 6.61 Å². The van der Waals surface area contributed by atoms with Gasteiger partial charge in [-0.15, -0.1) is 0 Å². The Kier molecular flexibility index (Phi) is 7.44.